The molecule has 6 heteroatoms. The second kappa shape index (κ2) is 7.03. The Morgan fingerprint density at radius 3 is 1.35 bits per heavy atom. The van der Waals surface area contributed by atoms with Crippen LogP contribution in [0.25, 0.3) is 0 Å². The molecule has 0 aromatic rings. The van der Waals surface area contributed by atoms with Crippen molar-refractivity contribution in [1.82, 2.24) is 0 Å². The van der Waals surface area contributed by atoms with Gasteiger partial charge in [0.15, 0.2) is 0 Å². The zero-order chi connectivity index (χ0) is 15.4. The Balaban J connectivity index is 2.47. The molecule has 1 aliphatic carbocycles. The van der Waals surface area contributed by atoms with Gasteiger partial charge >= 0.3 is 12.4 Å². The van der Waals surface area contributed by atoms with E-state index in [9.17, 15) is 26.3 Å². The summed E-state index contributed by atoms with van der Waals surface area (Å²) in [6.07, 6.45) is -7.04. The maximum Gasteiger partial charge on any atom is 0.389 e. The number of rotatable bonds is 5. The predicted octanol–water partition coefficient (Wildman–Crippen LogP) is 6.11. The van der Waals surface area contributed by atoms with Gasteiger partial charge in [-0.3, -0.25) is 0 Å². The van der Waals surface area contributed by atoms with Crippen LogP contribution in [-0.2, 0) is 0 Å². The second-order valence-corrected chi connectivity index (χ2v) is 6.02. The molecule has 2 unspecified atom stereocenters. The quantitative estimate of drug-likeness (QED) is 0.537. The summed E-state index contributed by atoms with van der Waals surface area (Å²) < 4.78 is 73.5. The highest BCUT2D eigenvalue weighted by molar-refractivity contribution is 4.79. The van der Waals surface area contributed by atoms with Crippen molar-refractivity contribution in [3.8, 4) is 0 Å². The molecule has 1 fully saturated rings. The average molecular weight is 304 g/mol. The summed E-state index contributed by atoms with van der Waals surface area (Å²) in [7, 11) is 0. The molecule has 0 aromatic carbocycles. The Morgan fingerprint density at radius 1 is 0.700 bits per heavy atom. The van der Waals surface area contributed by atoms with Crippen molar-refractivity contribution in [3.05, 3.63) is 0 Å². The highest BCUT2D eigenvalue weighted by Crippen LogP contribution is 2.41. The van der Waals surface area contributed by atoms with E-state index in [-0.39, 0.29) is 30.6 Å². The average Bonchev–Trinajstić information content (AvgIpc) is 2.32. The largest absolute Gasteiger partial charge is 0.389 e. The number of hydrogen-bond donors (Lipinski definition) is 0. The minimum Gasteiger partial charge on any atom is -0.171 e. The third-order valence-electron chi connectivity index (χ3n) is 4.25. The molecule has 0 saturated heterocycles. The van der Waals surface area contributed by atoms with Crippen LogP contribution in [0.5, 0.6) is 0 Å². The SMILES string of the molecule is CCC1CC(CCC(F)(F)F)CC(CCC(F)(F)F)C1. The van der Waals surface area contributed by atoms with Gasteiger partial charge in [-0.1, -0.05) is 13.3 Å². The summed E-state index contributed by atoms with van der Waals surface area (Å²) in [5.74, 6) is 0.127. The van der Waals surface area contributed by atoms with Gasteiger partial charge in [-0.25, -0.2) is 0 Å². The Morgan fingerprint density at radius 2 is 1.05 bits per heavy atom. The molecule has 0 aliphatic heterocycles. The zero-order valence-electron chi connectivity index (χ0n) is 11.7. The fourth-order valence-corrected chi connectivity index (χ4v) is 3.24. The zero-order valence-corrected chi connectivity index (χ0v) is 11.7. The topological polar surface area (TPSA) is 0 Å². The molecule has 0 amide bonds. The summed E-state index contributed by atoms with van der Waals surface area (Å²) in [4.78, 5) is 0. The smallest absolute Gasteiger partial charge is 0.171 e. The Hall–Kier alpha value is -0.420. The van der Waals surface area contributed by atoms with Crippen molar-refractivity contribution in [2.75, 3.05) is 0 Å². The summed E-state index contributed by atoms with van der Waals surface area (Å²) >= 11 is 0. The number of hydrogen-bond acceptors (Lipinski definition) is 0. The van der Waals surface area contributed by atoms with E-state index in [4.69, 9.17) is 0 Å². The van der Waals surface area contributed by atoms with Crippen molar-refractivity contribution < 1.29 is 26.3 Å². The third-order valence-corrected chi connectivity index (χ3v) is 4.25. The molecule has 1 rings (SSSR count). The van der Waals surface area contributed by atoms with E-state index in [1.54, 1.807) is 0 Å². The van der Waals surface area contributed by atoms with Gasteiger partial charge in [-0.15, -0.1) is 0 Å². The summed E-state index contributed by atoms with van der Waals surface area (Å²) in [5.41, 5.74) is 0. The summed E-state index contributed by atoms with van der Waals surface area (Å²) in [5, 5.41) is 0. The van der Waals surface area contributed by atoms with Gasteiger partial charge in [0.25, 0.3) is 0 Å². The van der Waals surface area contributed by atoms with Crippen LogP contribution in [0.3, 0.4) is 0 Å². The third kappa shape index (κ3) is 7.39. The van der Waals surface area contributed by atoms with E-state index in [1.165, 1.54) is 0 Å². The van der Waals surface area contributed by atoms with Crippen molar-refractivity contribution >= 4 is 0 Å². The van der Waals surface area contributed by atoms with E-state index < -0.39 is 25.2 Å². The minimum absolute atomic E-state index is 0.0581. The molecule has 120 valence electrons. The lowest BCUT2D eigenvalue weighted by molar-refractivity contribution is -0.140. The number of halogens is 6. The molecule has 20 heavy (non-hydrogen) atoms. The fraction of sp³-hybridized carbons (Fsp3) is 1.00. The van der Waals surface area contributed by atoms with Gasteiger partial charge in [-0.2, -0.15) is 26.3 Å². The van der Waals surface area contributed by atoms with Gasteiger partial charge in [0, 0.05) is 12.8 Å². The van der Waals surface area contributed by atoms with Crippen LogP contribution in [0, 0.1) is 17.8 Å². The van der Waals surface area contributed by atoms with Crippen molar-refractivity contribution in [2.45, 2.75) is 70.6 Å². The van der Waals surface area contributed by atoms with E-state index in [2.05, 4.69) is 0 Å². The molecular weight excluding hydrogens is 282 g/mol. The molecule has 0 aromatic heterocycles. The van der Waals surface area contributed by atoms with Gasteiger partial charge in [0.1, 0.15) is 0 Å². The molecule has 0 spiro atoms. The van der Waals surface area contributed by atoms with E-state index in [1.807, 2.05) is 6.92 Å². The Bertz CT molecular complexity index is 254. The van der Waals surface area contributed by atoms with E-state index in [0.717, 1.165) is 19.3 Å². The first kappa shape index (κ1) is 17.6. The lowest BCUT2D eigenvalue weighted by atomic mass is 9.71. The van der Waals surface area contributed by atoms with Crippen LogP contribution < -0.4 is 0 Å². The summed E-state index contributed by atoms with van der Waals surface area (Å²) in [6.45, 7) is 1.96. The standard InChI is InChI=1S/C14H22F6/c1-2-10-7-11(3-5-13(15,16)17)9-12(8-10)4-6-14(18,19)20/h10-12H,2-9H2,1H3. The second-order valence-electron chi connectivity index (χ2n) is 6.02. The molecule has 0 nitrogen and oxygen atoms in total. The lowest BCUT2D eigenvalue weighted by Gasteiger charge is -2.35. The molecule has 0 heterocycles. The Labute approximate surface area is 115 Å². The lowest BCUT2D eigenvalue weighted by Crippen LogP contribution is -2.25. The summed E-state index contributed by atoms with van der Waals surface area (Å²) in [6, 6.07) is 0. The van der Waals surface area contributed by atoms with Crippen LogP contribution in [0.4, 0.5) is 26.3 Å². The molecular formula is C14H22F6. The van der Waals surface area contributed by atoms with Crippen LogP contribution in [0.1, 0.15) is 58.3 Å². The van der Waals surface area contributed by atoms with Crippen LogP contribution in [0.15, 0.2) is 0 Å². The highest BCUT2D eigenvalue weighted by atomic mass is 19.4. The molecule has 1 aliphatic rings. The van der Waals surface area contributed by atoms with Crippen molar-refractivity contribution in [2.24, 2.45) is 17.8 Å². The first-order valence-corrected chi connectivity index (χ1v) is 7.22. The van der Waals surface area contributed by atoms with Gasteiger partial charge in [-0.05, 0) is 49.9 Å². The molecule has 0 N–H and O–H groups in total. The maximum absolute atomic E-state index is 12.2. The Kier molecular flexibility index (Phi) is 6.20. The molecule has 1 saturated carbocycles. The molecule has 2 atom stereocenters. The first-order valence-electron chi connectivity index (χ1n) is 7.22. The minimum atomic E-state index is -4.17. The monoisotopic (exact) mass is 304 g/mol. The highest BCUT2D eigenvalue weighted by Gasteiger charge is 2.34. The van der Waals surface area contributed by atoms with Crippen molar-refractivity contribution in [3.63, 3.8) is 0 Å². The first-order chi connectivity index (χ1) is 9.09. The van der Waals surface area contributed by atoms with E-state index >= 15 is 0 Å². The number of alkyl halides is 6. The molecule has 0 radical (unpaired) electrons. The van der Waals surface area contributed by atoms with Gasteiger partial charge < -0.3 is 0 Å². The van der Waals surface area contributed by atoms with Gasteiger partial charge in [0.2, 0.25) is 0 Å². The van der Waals surface area contributed by atoms with Crippen molar-refractivity contribution in [1.29, 1.82) is 0 Å². The molecule has 0 bridgehead atoms. The van der Waals surface area contributed by atoms with Crippen LogP contribution >= 0.6 is 0 Å². The maximum atomic E-state index is 12.2. The predicted molar refractivity (Wildman–Crippen MR) is 65.2 cm³/mol. The van der Waals surface area contributed by atoms with Gasteiger partial charge in [0.05, 0.1) is 0 Å². The fourth-order valence-electron chi connectivity index (χ4n) is 3.24. The van der Waals surface area contributed by atoms with Crippen LogP contribution in [0.2, 0.25) is 0 Å². The normalized spacial score (nSPS) is 28.6. The van der Waals surface area contributed by atoms with Crippen LogP contribution in [-0.4, -0.2) is 12.4 Å². The van der Waals surface area contributed by atoms with E-state index in [0.29, 0.717) is 6.42 Å².